The zero-order valence-electron chi connectivity index (χ0n) is 13.7. The maximum atomic E-state index is 12.1. The molecular weight excluding hydrogens is 383 g/mol. The highest BCUT2D eigenvalue weighted by Gasteiger charge is 2.30. The molecule has 6 nitrogen and oxygen atoms in total. The number of carbonyl (C=O) groups excluding carboxylic acids is 1. The van der Waals surface area contributed by atoms with E-state index in [9.17, 15) is 26.4 Å². The Morgan fingerprint density at radius 1 is 1.20 bits per heavy atom. The van der Waals surface area contributed by atoms with Crippen molar-refractivity contribution in [3.05, 3.63) is 24.3 Å². The maximum absolute atomic E-state index is 12.1. The second-order valence-electron chi connectivity index (χ2n) is 5.59. The van der Waals surface area contributed by atoms with Crippen LogP contribution in [0.2, 0.25) is 0 Å². The zero-order chi connectivity index (χ0) is 18.6. The molecule has 0 saturated heterocycles. The highest BCUT2D eigenvalue weighted by molar-refractivity contribution is 7.89. The van der Waals surface area contributed by atoms with E-state index >= 15 is 0 Å². The highest BCUT2D eigenvalue weighted by Crippen LogP contribution is 2.18. The van der Waals surface area contributed by atoms with Crippen LogP contribution in [0.5, 0.6) is 0 Å². The van der Waals surface area contributed by atoms with Crippen molar-refractivity contribution in [2.24, 2.45) is 5.73 Å². The number of hydrogen-bond donors (Lipinski definition) is 3. The second-order valence-corrected chi connectivity index (χ2v) is 7.35. The fourth-order valence-electron chi connectivity index (χ4n) is 1.88. The zero-order valence-corrected chi connectivity index (χ0v) is 15.3. The molecule has 1 amide bonds. The van der Waals surface area contributed by atoms with Gasteiger partial charge in [0.1, 0.15) is 6.54 Å². The van der Waals surface area contributed by atoms with E-state index in [4.69, 9.17) is 5.73 Å². The van der Waals surface area contributed by atoms with Gasteiger partial charge in [-0.15, -0.1) is 12.4 Å². The minimum absolute atomic E-state index is 0. The number of anilines is 1. The summed E-state index contributed by atoms with van der Waals surface area (Å²) >= 11 is 0. The van der Waals surface area contributed by atoms with E-state index in [1.165, 1.54) is 16.9 Å². The molecule has 1 atom stereocenters. The third kappa shape index (κ3) is 7.59. The lowest BCUT2D eigenvalue weighted by Gasteiger charge is -2.22. The third-order valence-electron chi connectivity index (χ3n) is 3.17. The first-order valence-corrected chi connectivity index (χ1v) is 8.62. The predicted molar refractivity (Wildman–Crippen MR) is 91.1 cm³/mol. The molecule has 25 heavy (non-hydrogen) atoms. The van der Waals surface area contributed by atoms with Crippen molar-refractivity contribution in [1.82, 2.24) is 4.72 Å². The van der Waals surface area contributed by atoms with E-state index in [0.717, 1.165) is 12.1 Å². The molecule has 1 aromatic rings. The standard InChI is InChI=1S/C14H20F3N3O3S.ClH/c1-3-8-13(2,18)12(21)20-10-4-6-11(7-5-10)24(22,23)19-9-14(15,16)17;/h4-7,19H,3,8-9,18H2,1-2H3,(H,20,21);1H. The smallest absolute Gasteiger partial charge is 0.325 e. The summed E-state index contributed by atoms with van der Waals surface area (Å²) in [6, 6.07) is 4.76. The number of amides is 1. The Morgan fingerprint density at radius 2 is 1.72 bits per heavy atom. The minimum Gasteiger partial charge on any atom is -0.325 e. The van der Waals surface area contributed by atoms with Crippen LogP contribution < -0.4 is 15.8 Å². The van der Waals surface area contributed by atoms with Crippen molar-refractivity contribution in [2.45, 2.75) is 43.3 Å². The molecule has 11 heteroatoms. The maximum Gasteiger partial charge on any atom is 0.402 e. The lowest BCUT2D eigenvalue weighted by molar-refractivity contribution is -0.121. The Hall–Kier alpha value is -1.36. The largest absolute Gasteiger partial charge is 0.402 e. The van der Waals surface area contributed by atoms with E-state index in [1.54, 1.807) is 6.92 Å². The summed E-state index contributed by atoms with van der Waals surface area (Å²) in [5.41, 5.74) is 5.09. The van der Waals surface area contributed by atoms with Gasteiger partial charge in [0, 0.05) is 5.69 Å². The SMILES string of the molecule is CCCC(C)(N)C(=O)Nc1ccc(S(=O)(=O)NCC(F)(F)F)cc1.Cl. The van der Waals surface area contributed by atoms with Gasteiger partial charge in [-0.25, -0.2) is 13.1 Å². The van der Waals surface area contributed by atoms with Gasteiger partial charge in [0.2, 0.25) is 15.9 Å². The minimum atomic E-state index is -4.65. The van der Waals surface area contributed by atoms with Crippen molar-refractivity contribution < 1.29 is 26.4 Å². The lowest BCUT2D eigenvalue weighted by Crippen LogP contribution is -2.48. The van der Waals surface area contributed by atoms with Crippen LogP contribution in [0, 0.1) is 0 Å². The molecule has 0 saturated carbocycles. The van der Waals surface area contributed by atoms with E-state index in [0.29, 0.717) is 18.5 Å². The molecule has 0 spiro atoms. The Kier molecular flexibility index (Phi) is 8.35. The van der Waals surface area contributed by atoms with Crippen LogP contribution in [0.15, 0.2) is 29.2 Å². The number of nitrogens with two attached hydrogens (primary N) is 1. The molecule has 4 N–H and O–H groups in total. The summed E-state index contributed by atoms with van der Waals surface area (Å²) in [6.07, 6.45) is -3.47. The summed E-state index contributed by atoms with van der Waals surface area (Å²) in [5, 5.41) is 2.54. The van der Waals surface area contributed by atoms with Crippen molar-refractivity contribution in [2.75, 3.05) is 11.9 Å². The van der Waals surface area contributed by atoms with E-state index in [2.05, 4.69) is 5.32 Å². The molecule has 0 aromatic heterocycles. The van der Waals surface area contributed by atoms with Gasteiger partial charge in [0.05, 0.1) is 10.4 Å². The average molecular weight is 404 g/mol. The van der Waals surface area contributed by atoms with Crippen LogP contribution in [0.25, 0.3) is 0 Å². The Balaban J connectivity index is 0.00000576. The average Bonchev–Trinajstić information content (AvgIpc) is 2.45. The number of halogens is 4. The van der Waals surface area contributed by atoms with Gasteiger partial charge in [-0.1, -0.05) is 13.3 Å². The fraction of sp³-hybridized carbons (Fsp3) is 0.500. The monoisotopic (exact) mass is 403 g/mol. The number of rotatable bonds is 7. The molecule has 0 bridgehead atoms. The molecule has 0 radical (unpaired) electrons. The highest BCUT2D eigenvalue weighted by atomic mass is 35.5. The van der Waals surface area contributed by atoms with Crippen LogP contribution in [-0.2, 0) is 14.8 Å². The molecule has 0 heterocycles. The van der Waals surface area contributed by atoms with Gasteiger partial charge in [0.25, 0.3) is 0 Å². The number of sulfonamides is 1. The second kappa shape index (κ2) is 8.84. The first-order chi connectivity index (χ1) is 10.9. The topological polar surface area (TPSA) is 101 Å². The number of alkyl halides is 3. The van der Waals surface area contributed by atoms with E-state index < -0.39 is 34.2 Å². The fourth-order valence-corrected chi connectivity index (χ4v) is 2.90. The molecule has 0 fully saturated rings. The van der Waals surface area contributed by atoms with Crippen LogP contribution >= 0.6 is 12.4 Å². The Bertz CT molecular complexity index is 677. The molecule has 0 aliphatic heterocycles. The summed E-state index contributed by atoms with van der Waals surface area (Å²) in [5.74, 6) is -0.435. The van der Waals surface area contributed by atoms with Crippen LogP contribution in [-0.4, -0.2) is 32.6 Å². The molecule has 144 valence electrons. The van der Waals surface area contributed by atoms with Gasteiger partial charge < -0.3 is 11.1 Å². The van der Waals surface area contributed by atoms with Crippen LogP contribution in [0.4, 0.5) is 18.9 Å². The molecular formula is C14H21ClF3N3O3S. The first-order valence-electron chi connectivity index (χ1n) is 7.14. The molecule has 1 rings (SSSR count). The molecule has 0 aliphatic rings. The van der Waals surface area contributed by atoms with E-state index in [-0.39, 0.29) is 17.3 Å². The van der Waals surface area contributed by atoms with Gasteiger partial charge in [0.15, 0.2) is 0 Å². The lowest BCUT2D eigenvalue weighted by atomic mass is 9.96. The Labute approximate surface area is 150 Å². The third-order valence-corrected chi connectivity index (χ3v) is 4.59. The quantitative estimate of drug-likeness (QED) is 0.650. The van der Waals surface area contributed by atoms with Crippen molar-refractivity contribution in [3.63, 3.8) is 0 Å². The summed E-state index contributed by atoms with van der Waals surface area (Å²) in [7, 11) is -4.28. The van der Waals surface area contributed by atoms with Gasteiger partial charge in [-0.05, 0) is 37.6 Å². The molecule has 0 aliphatic carbocycles. The van der Waals surface area contributed by atoms with Crippen molar-refractivity contribution in [3.8, 4) is 0 Å². The first kappa shape index (κ1) is 23.6. The number of carbonyl (C=O) groups is 1. The summed E-state index contributed by atoms with van der Waals surface area (Å²) in [4.78, 5) is 11.7. The van der Waals surface area contributed by atoms with Crippen LogP contribution in [0.1, 0.15) is 26.7 Å². The van der Waals surface area contributed by atoms with Crippen LogP contribution in [0.3, 0.4) is 0 Å². The van der Waals surface area contributed by atoms with Gasteiger partial charge in [-0.3, -0.25) is 4.79 Å². The molecule has 1 unspecified atom stereocenters. The normalized spacial score (nSPS) is 14.3. The number of nitrogens with one attached hydrogen (secondary N) is 2. The predicted octanol–water partition coefficient (Wildman–Crippen LogP) is 2.41. The van der Waals surface area contributed by atoms with Gasteiger partial charge >= 0.3 is 6.18 Å². The number of hydrogen-bond acceptors (Lipinski definition) is 4. The summed E-state index contributed by atoms with van der Waals surface area (Å²) in [6.45, 7) is 1.80. The number of benzene rings is 1. The van der Waals surface area contributed by atoms with Crippen molar-refractivity contribution in [1.29, 1.82) is 0 Å². The Morgan fingerprint density at radius 3 is 2.16 bits per heavy atom. The molecule has 1 aromatic carbocycles. The van der Waals surface area contributed by atoms with Crippen molar-refractivity contribution >= 4 is 34.0 Å². The van der Waals surface area contributed by atoms with E-state index in [1.807, 2.05) is 6.92 Å². The summed E-state index contributed by atoms with van der Waals surface area (Å²) < 4.78 is 61.2. The van der Waals surface area contributed by atoms with Gasteiger partial charge in [-0.2, -0.15) is 13.2 Å².